The summed E-state index contributed by atoms with van der Waals surface area (Å²) in [6.45, 7) is 1.86. The highest BCUT2D eigenvalue weighted by molar-refractivity contribution is 14.1. The summed E-state index contributed by atoms with van der Waals surface area (Å²) in [7, 11) is 0. The zero-order valence-corrected chi connectivity index (χ0v) is 13.7. The summed E-state index contributed by atoms with van der Waals surface area (Å²) in [5.41, 5.74) is 2.00. The first kappa shape index (κ1) is 14.6. The van der Waals surface area contributed by atoms with Gasteiger partial charge in [-0.15, -0.1) is 0 Å². The van der Waals surface area contributed by atoms with Crippen LogP contribution in [0.15, 0.2) is 36.4 Å². The van der Waals surface area contributed by atoms with Crippen molar-refractivity contribution < 1.29 is 4.79 Å². The predicted molar refractivity (Wildman–Crippen MR) is 88.3 cm³/mol. The van der Waals surface area contributed by atoms with Crippen LogP contribution >= 0.6 is 45.8 Å². The van der Waals surface area contributed by atoms with Gasteiger partial charge in [-0.1, -0.05) is 35.3 Å². The maximum Gasteiger partial charge on any atom is 0.256 e. The molecule has 2 rings (SSSR count). The summed E-state index contributed by atoms with van der Waals surface area (Å²) in [6, 6.07) is 10.7. The first-order valence-electron chi connectivity index (χ1n) is 5.50. The zero-order chi connectivity index (χ0) is 14.0. The lowest BCUT2D eigenvalue weighted by atomic mass is 10.2. The highest BCUT2D eigenvalue weighted by Crippen LogP contribution is 2.29. The largest absolute Gasteiger partial charge is 0.321 e. The van der Waals surface area contributed by atoms with Gasteiger partial charge in [0, 0.05) is 8.59 Å². The van der Waals surface area contributed by atoms with Gasteiger partial charge in [0.15, 0.2) is 0 Å². The third-order valence-corrected chi connectivity index (χ3v) is 4.28. The molecule has 0 heterocycles. The van der Waals surface area contributed by atoms with Crippen molar-refractivity contribution in [3.63, 3.8) is 0 Å². The van der Waals surface area contributed by atoms with Crippen LogP contribution in [-0.2, 0) is 0 Å². The van der Waals surface area contributed by atoms with E-state index in [0.29, 0.717) is 21.3 Å². The van der Waals surface area contributed by atoms with Gasteiger partial charge in [0.05, 0.1) is 16.3 Å². The molecule has 0 saturated carbocycles. The van der Waals surface area contributed by atoms with E-state index in [4.69, 9.17) is 23.2 Å². The van der Waals surface area contributed by atoms with Crippen molar-refractivity contribution in [2.45, 2.75) is 6.92 Å². The van der Waals surface area contributed by atoms with Crippen LogP contribution in [0.3, 0.4) is 0 Å². The normalized spacial score (nSPS) is 10.3. The lowest BCUT2D eigenvalue weighted by Gasteiger charge is -2.10. The van der Waals surface area contributed by atoms with E-state index in [0.717, 1.165) is 9.13 Å². The minimum Gasteiger partial charge on any atom is -0.321 e. The molecule has 0 atom stereocenters. The molecule has 0 bridgehead atoms. The van der Waals surface area contributed by atoms with Crippen LogP contribution in [0.25, 0.3) is 0 Å². The van der Waals surface area contributed by atoms with Crippen LogP contribution in [0, 0.1) is 10.5 Å². The average Bonchev–Trinajstić information content (AvgIpc) is 2.36. The second-order valence-electron chi connectivity index (χ2n) is 4.02. The second kappa shape index (κ2) is 6.11. The fourth-order valence-corrected chi connectivity index (χ4v) is 2.64. The van der Waals surface area contributed by atoms with E-state index >= 15 is 0 Å². The van der Waals surface area contributed by atoms with Crippen molar-refractivity contribution in [2.24, 2.45) is 0 Å². The van der Waals surface area contributed by atoms with E-state index in [1.54, 1.807) is 18.2 Å². The van der Waals surface area contributed by atoms with Gasteiger partial charge in [-0.3, -0.25) is 4.79 Å². The van der Waals surface area contributed by atoms with Gasteiger partial charge >= 0.3 is 0 Å². The number of amides is 1. The van der Waals surface area contributed by atoms with E-state index in [9.17, 15) is 4.79 Å². The quantitative estimate of drug-likeness (QED) is 0.687. The first-order chi connectivity index (χ1) is 8.99. The maximum absolute atomic E-state index is 12.2. The Hall–Kier alpha value is -0.780. The fourth-order valence-electron chi connectivity index (χ4n) is 1.58. The fraction of sp³-hybridized carbons (Fsp3) is 0.0714. The zero-order valence-electron chi connectivity index (χ0n) is 10.0. The molecular weight excluding hydrogens is 396 g/mol. The van der Waals surface area contributed by atoms with Crippen molar-refractivity contribution in [1.29, 1.82) is 0 Å². The SMILES string of the molecule is Cc1cc(Cl)c(NC(=O)c2ccccc2I)cc1Cl. The Labute approximate surface area is 135 Å². The Morgan fingerprint density at radius 3 is 2.53 bits per heavy atom. The molecule has 0 aliphatic rings. The van der Waals surface area contributed by atoms with Gasteiger partial charge in [-0.25, -0.2) is 0 Å². The number of aryl methyl sites for hydroxylation is 1. The van der Waals surface area contributed by atoms with Crippen LogP contribution in [-0.4, -0.2) is 5.91 Å². The molecule has 0 radical (unpaired) electrons. The molecule has 5 heteroatoms. The molecule has 98 valence electrons. The number of carbonyl (C=O) groups is 1. The number of carbonyl (C=O) groups excluding carboxylic acids is 1. The monoisotopic (exact) mass is 405 g/mol. The standard InChI is InChI=1S/C14H10Cl2INO/c1-8-6-11(16)13(7-10(8)15)18-14(19)9-4-2-3-5-12(9)17/h2-7H,1H3,(H,18,19). The van der Waals surface area contributed by atoms with Crippen molar-refractivity contribution in [3.8, 4) is 0 Å². The number of hydrogen-bond acceptors (Lipinski definition) is 1. The molecule has 0 aliphatic heterocycles. The minimum absolute atomic E-state index is 0.202. The van der Waals surface area contributed by atoms with Gasteiger partial charge in [0.25, 0.3) is 5.91 Å². The van der Waals surface area contributed by atoms with Crippen molar-refractivity contribution >= 4 is 57.4 Å². The molecular formula is C14H10Cl2INO. The van der Waals surface area contributed by atoms with Crippen LogP contribution in [0.4, 0.5) is 5.69 Å². The number of rotatable bonds is 2. The lowest BCUT2D eigenvalue weighted by molar-refractivity contribution is 0.102. The van der Waals surface area contributed by atoms with Crippen molar-refractivity contribution in [3.05, 3.63) is 61.1 Å². The molecule has 2 aromatic carbocycles. The Bertz CT molecular complexity index is 643. The Morgan fingerprint density at radius 2 is 1.84 bits per heavy atom. The van der Waals surface area contributed by atoms with Gasteiger partial charge in [-0.2, -0.15) is 0 Å². The van der Waals surface area contributed by atoms with E-state index in [1.807, 2.05) is 25.1 Å². The molecule has 0 spiro atoms. The highest BCUT2D eigenvalue weighted by Gasteiger charge is 2.12. The van der Waals surface area contributed by atoms with Crippen molar-refractivity contribution in [1.82, 2.24) is 0 Å². The summed E-state index contributed by atoms with van der Waals surface area (Å²) in [5, 5.41) is 3.82. The third-order valence-electron chi connectivity index (χ3n) is 2.61. The number of nitrogens with one attached hydrogen (secondary N) is 1. The van der Waals surface area contributed by atoms with E-state index < -0.39 is 0 Å². The molecule has 0 aliphatic carbocycles. The molecule has 0 fully saturated rings. The second-order valence-corrected chi connectivity index (χ2v) is 5.99. The van der Waals surface area contributed by atoms with Gasteiger partial charge in [0.2, 0.25) is 0 Å². The summed E-state index contributed by atoms with van der Waals surface area (Å²) >= 11 is 14.3. The maximum atomic E-state index is 12.2. The first-order valence-corrected chi connectivity index (χ1v) is 7.34. The van der Waals surface area contributed by atoms with E-state index in [2.05, 4.69) is 27.9 Å². The molecule has 19 heavy (non-hydrogen) atoms. The Balaban J connectivity index is 2.30. The van der Waals surface area contributed by atoms with Gasteiger partial charge in [-0.05, 0) is 59.3 Å². The third kappa shape index (κ3) is 3.41. The molecule has 0 aromatic heterocycles. The number of anilines is 1. The molecule has 2 aromatic rings. The molecule has 1 amide bonds. The van der Waals surface area contributed by atoms with E-state index in [-0.39, 0.29) is 5.91 Å². The van der Waals surface area contributed by atoms with Gasteiger partial charge < -0.3 is 5.32 Å². The lowest BCUT2D eigenvalue weighted by Crippen LogP contribution is -2.13. The van der Waals surface area contributed by atoms with Gasteiger partial charge in [0.1, 0.15) is 0 Å². The Morgan fingerprint density at radius 1 is 1.16 bits per heavy atom. The Kier molecular flexibility index (Phi) is 4.71. The topological polar surface area (TPSA) is 29.1 Å². The van der Waals surface area contributed by atoms with Crippen LogP contribution in [0.1, 0.15) is 15.9 Å². The molecule has 1 N–H and O–H groups in total. The highest BCUT2D eigenvalue weighted by atomic mass is 127. The van der Waals surface area contributed by atoms with E-state index in [1.165, 1.54) is 0 Å². The molecule has 0 unspecified atom stereocenters. The number of hydrogen-bond donors (Lipinski definition) is 1. The van der Waals surface area contributed by atoms with Crippen LogP contribution in [0.5, 0.6) is 0 Å². The molecule has 0 saturated heterocycles. The smallest absolute Gasteiger partial charge is 0.256 e. The summed E-state index contributed by atoms with van der Waals surface area (Å²) in [5.74, 6) is -0.202. The molecule has 2 nitrogen and oxygen atoms in total. The van der Waals surface area contributed by atoms with Crippen molar-refractivity contribution in [2.75, 3.05) is 5.32 Å². The number of halogens is 3. The minimum atomic E-state index is -0.202. The summed E-state index contributed by atoms with van der Waals surface area (Å²) in [4.78, 5) is 12.2. The predicted octanol–water partition coefficient (Wildman–Crippen LogP) is 5.16. The number of benzene rings is 2. The summed E-state index contributed by atoms with van der Waals surface area (Å²) < 4.78 is 0.881. The van der Waals surface area contributed by atoms with Crippen LogP contribution in [0.2, 0.25) is 10.0 Å². The van der Waals surface area contributed by atoms with Crippen LogP contribution < -0.4 is 5.32 Å². The average molecular weight is 406 g/mol. The summed E-state index contributed by atoms with van der Waals surface area (Å²) in [6.07, 6.45) is 0.